The predicted molar refractivity (Wildman–Crippen MR) is 132 cm³/mol. The van der Waals surface area contributed by atoms with Gasteiger partial charge in [0.1, 0.15) is 0 Å². The number of hydrogen-bond acceptors (Lipinski definition) is 5. The third-order valence-electron chi connectivity index (χ3n) is 6.89. The van der Waals surface area contributed by atoms with Crippen LogP contribution >= 0.6 is 46.4 Å². The summed E-state index contributed by atoms with van der Waals surface area (Å²) < 4.78 is 5.06. The third-order valence-corrected chi connectivity index (χ3v) is 8.94. The van der Waals surface area contributed by atoms with E-state index in [4.69, 9.17) is 51.1 Å². The zero-order valence-electron chi connectivity index (χ0n) is 17.9. The number of benzene rings is 2. The van der Waals surface area contributed by atoms with Gasteiger partial charge in [-0.2, -0.15) is 0 Å². The van der Waals surface area contributed by atoms with Crippen LogP contribution in [0.15, 0.2) is 42.5 Å². The second kappa shape index (κ2) is 9.28. The van der Waals surface area contributed by atoms with E-state index in [1.54, 1.807) is 6.07 Å². The minimum atomic E-state index is -0.732. The SMILES string of the molecule is O=C(COC(=O)c1ccc(N2C(=O)[C@@H]3[C@H]4C[C@@H]([C@H](Cl)[C@H]4Cl)[C@@H]3C2=O)cc1)Nc1ccc(Cl)c(Cl)c1. The fourth-order valence-electron chi connectivity index (χ4n) is 5.34. The van der Waals surface area contributed by atoms with Crippen molar-refractivity contribution in [1.82, 2.24) is 0 Å². The van der Waals surface area contributed by atoms with Crippen LogP contribution in [0.1, 0.15) is 16.8 Å². The van der Waals surface area contributed by atoms with E-state index >= 15 is 0 Å². The number of hydrogen-bond donors (Lipinski definition) is 1. The summed E-state index contributed by atoms with van der Waals surface area (Å²) >= 11 is 24.5. The van der Waals surface area contributed by atoms with E-state index in [2.05, 4.69) is 5.32 Å². The minimum Gasteiger partial charge on any atom is -0.452 e. The van der Waals surface area contributed by atoms with E-state index in [0.717, 1.165) is 4.90 Å². The lowest BCUT2D eigenvalue weighted by atomic mass is 9.80. The Kier molecular flexibility index (Phi) is 6.46. The van der Waals surface area contributed by atoms with Crippen molar-refractivity contribution < 1.29 is 23.9 Å². The number of amides is 3. The zero-order valence-corrected chi connectivity index (χ0v) is 20.9. The van der Waals surface area contributed by atoms with Crippen molar-refractivity contribution in [3.8, 4) is 0 Å². The first kappa shape index (κ1) is 24.4. The number of fused-ring (bicyclic) bond motifs is 5. The van der Waals surface area contributed by atoms with Gasteiger partial charge >= 0.3 is 5.97 Å². The summed E-state index contributed by atoms with van der Waals surface area (Å²) in [5.74, 6) is -2.98. The summed E-state index contributed by atoms with van der Waals surface area (Å²) in [5.41, 5.74) is 0.931. The van der Waals surface area contributed by atoms with Crippen LogP contribution in [0.5, 0.6) is 0 Å². The van der Waals surface area contributed by atoms with Gasteiger partial charge in [-0.05, 0) is 60.7 Å². The molecule has 2 saturated carbocycles. The molecule has 2 aromatic carbocycles. The highest BCUT2D eigenvalue weighted by molar-refractivity contribution is 6.42. The number of rotatable bonds is 5. The molecule has 1 heterocycles. The van der Waals surface area contributed by atoms with Gasteiger partial charge in [0.05, 0.1) is 43.9 Å². The maximum Gasteiger partial charge on any atom is 0.338 e. The molecule has 11 heteroatoms. The van der Waals surface area contributed by atoms with E-state index in [1.165, 1.54) is 36.4 Å². The van der Waals surface area contributed by atoms with Crippen LogP contribution in [0.3, 0.4) is 0 Å². The first-order valence-corrected chi connectivity index (χ1v) is 12.5. The number of carbonyl (C=O) groups is 4. The van der Waals surface area contributed by atoms with Gasteiger partial charge in [-0.1, -0.05) is 23.2 Å². The molecular formula is C24H18Cl4N2O5. The van der Waals surface area contributed by atoms with E-state index in [1.807, 2.05) is 0 Å². The molecule has 3 amide bonds. The van der Waals surface area contributed by atoms with Crippen molar-refractivity contribution in [3.05, 3.63) is 58.1 Å². The quantitative estimate of drug-likeness (QED) is 0.326. The van der Waals surface area contributed by atoms with E-state index in [-0.39, 0.29) is 45.0 Å². The van der Waals surface area contributed by atoms with E-state index in [0.29, 0.717) is 22.8 Å². The molecule has 1 N–H and O–H groups in total. The molecule has 2 bridgehead atoms. The minimum absolute atomic E-state index is 0.111. The second-order valence-corrected chi connectivity index (χ2v) is 10.6. The maximum absolute atomic E-state index is 13.1. The molecular weight excluding hydrogens is 538 g/mol. The van der Waals surface area contributed by atoms with Crippen molar-refractivity contribution in [2.24, 2.45) is 23.7 Å². The highest BCUT2D eigenvalue weighted by Gasteiger charge is 2.66. The molecule has 0 aromatic heterocycles. The van der Waals surface area contributed by atoms with E-state index < -0.39 is 30.3 Å². The summed E-state index contributed by atoms with van der Waals surface area (Å²) in [5, 5.41) is 2.52. The highest BCUT2D eigenvalue weighted by atomic mass is 35.5. The van der Waals surface area contributed by atoms with Gasteiger partial charge in [-0.15, -0.1) is 23.2 Å². The van der Waals surface area contributed by atoms with Crippen LogP contribution in [-0.4, -0.2) is 41.1 Å². The number of halogens is 4. The van der Waals surface area contributed by atoms with Crippen LogP contribution in [0.4, 0.5) is 11.4 Å². The van der Waals surface area contributed by atoms with Gasteiger partial charge in [0.15, 0.2) is 6.61 Å². The summed E-state index contributed by atoms with van der Waals surface area (Å²) in [7, 11) is 0. The molecule has 2 aliphatic carbocycles. The lowest BCUT2D eigenvalue weighted by Crippen LogP contribution is -2.37. The Morgan fingerprint density at radius 3 is 2.09 bits per heavy atom. The topological polar surface area (TPSA) is 92.8 Å². The Bertz CT molecular complexity index is 1200. The molecule has 7 nitrogen and oxygen atoms in total. The standard InChI is InChI=1S/C24H18Cl4N2O5/c25-15-6-3-11(7-16(15)26)29-17(31)9-35-24(34)10-1-4-12(5-2-10)30-22(32)18-13-8-14(19(18)23(30)33)21(28)20(13)27/h1-7,13-14,18-21H,8-9H2,(H,29,31)/t13-,14-,18-,19+,20+,21+/m1/s1. The Hall–Kier alpha value is -2.32. The number of alkyl halides is 2. The highest BCUT2D eigenvalue weighted by Crippen LogP contribution is 2.59. The smallest absolute Gasteiger partial charge is 0.338 e. The third kappa shape index (κ3) is 4.18. The Morgan fingerprint density at radius 1 is 0.914 bits per heavy atom. The summed E-state index contributed by atoms with van der Waals surface area (Å²) in [6.45, 7) is -0.519. The number of nitrogens with zero attached hydrogens (tertiary/aromatic N) is 1. The van der Waals surface area contributed by atoms with Gasteiger partial charge in [0.25, 0.3) is 5.91 Å². The lowest BCUT2D eigenvalue weighted by molar-refractivity contribution is -0.123. The van der Waals surface area contributed by atoms with Crippen LogP contribution in [0.2, 0.25) is 10.0 Å². The Balaban J connectivity index is 1.21. The monoisotopic (exact) mass is 554 g/mol. The first-order chi connectivity index (χ1) is 16.7. The number of ether oxygens (including phenoxy) is 1. The van der Waals surface area contributed by atoms with Crippen LogP contribution in [0.25, 0.3) is 0 Å². The number of carbonyl (C=O) groups excluding carboxylic acids is 4. The molecule has 182 valence electrons. The van der Waals surface area contributed by atoms with Crippen molar-refractivity contribution in [2.75, 3.05) is 16.8 Å². The fraction of sp³-hybridized carbons (Fsp3) is 0.333. The summed E-state index contributed by atoms with van der Waals surface area (Å²) in [4.78, 5) is 51.8. The summed E-state index contributed by atoms with van der Waals surface area (Å²) in [6.07, 6.45) is 0.687. The van der Waals surface area contributed by atoms with Crippen LogP contribution < -0.4 is 10.2 Å². The molecule has 35 heavy (non-hydrogen) atoms. The van der Waals surface area contributed by atoms with Crippen molar-refractivity contribution in [2.45, 2.75) is 17.2 Å². The average Bonchev–Trinajstić information content (AvgIpc) is 3.45. The average molecular weight is 556 g/mol. The molecule has 3 fully saturated rings. The molecule has 3 aliphatic rings. The molecule has 0 radical (unpaired) electrons. The van der Waals surface area contributed by atoms with Crippen LogP contribution in [-0.2, 0) is 19.1 Å². The molecule has 6 atom stereocenters. The van der Waals surface area contributed by atoms with Gasteiger partial charge in [-0.25, -0.2) is 4.79 Å². The first-order valence-electron chi connectivity index (χ1n) is 10.9. The molecule has 2 aromatic rings. The van der Waals surface area contributed by atoms with Gasteiger partial charge < -0.3 is 10.1 Å². The molecule has 0 unspecified atom stereocenters. The van der Waals surface area contributed by atoms with Crippen molar-refractivity contribution in [3.63, 3.8) is 0 Å². The Labute approximate surface area is 220 Å². The molecule has 1 saturated heterocycles. The number of esters is 1. The summed E-state index contributed by atoms with van der Waals surface area (Å²) in [6, 6.07) is 10.4. The van der Waals surface area contributed by atoms with Gasteiger partial charge in [0, 0.05) is 5.69 Å². The molecule has 0 spiro atoms. The number of imide groups is 1. The Morgan fingerprint density at radius 2 is 1.51 bits per heavy atom. The van der Waals surface area contributed by atoms with Crippen molar-refractivity contribution >= 4 is 81.5 Å². The maximum atomic E-state index is 13.1. The second-order valence-electron chi connectivity index (χ2n) is 8.82. The van der Waals surface area contributed by atoms with Gasteiger partial charge in [0.2, 0.25) is 11.8 Å². The van der Waals surface area contributed by atoms with Crippen molar-refractivity contribution in [1.29, 1.82) is 0 Å². The molecule has 1 aliphatic heterocycles. The normalized spacial score (nSPS) is 28.9. The van der Waals surface area contributed by atoms with Gasteiger partial charge in [-0.3, -0.25) is 19.3 Å². The zero-order chi connectivity index (χ0) is 25.0. The number of nitrogens with one attached hydrogen (secondary N) is 1. The fourth-order valence-corrected chi connectivity index (χ4v) is 6.53. The predicted octanol–water partition coefficient (Wildman–Crippen LogP) is 4.76. The van der Waals surface area contributed by atoms with Crippen LogP contribution in [0, 0.1) is 23.7 Å². The molecule has 5 rings (SSSR count). The number of anilines is 2. The lowest BCUT2D eigenvalue weighted by Gasteiger charge is -2.28. The van der Waals surface area contributed by atoms with E-state index in [9.17, 15) is 19.2 Å². The largest absolute Gasteiger partial charge is 0.452 e.